The van der Waals surface area contributed by atoms with Crippen molar-refractivity contribution in [1.29, 1.82) is 0 Å². The molecule has 0 fully saturated rings. The summed E-state index contributed by atoms with van der Waals surface area (Å²) in [6.07, 6.45) is 0. The molecule has 0 aliphatic carbocycles. The van der Waals surface area contributed by atoms with Crippen LogP contribution in [-0.2, 0) is 10.0 Å². The number of aryl methyl sites for hydroxylation is 1. The predicted octanol–water partition coefficient (Wildman–Crippen LogP) is 3.40. The lowest BCUT2D eigenvalue weighted by atomic mass is 10.2. The van der Waals surface area contributed by atoms with Gasteiger partial charge in [0.15, 0.2) is 0 Å². The minimum Gasteiger partial charge on any atom is -0.337 e. The van der Waals surface area contributed by atoms with E-state index in [0.29, 0.717) is 15.7 Å². The minimum absolute atomic E-state index is 0.0605. The first kappa shape index (κ1) is 19.5. The molecule has 0 unspecified atom stereocenters. The van der Waals surface area contributed by atoms with Crippen molar-refractivity contribution in [3.63, 3.8) is 0 Å². The van der Waals surface area contributed by atoms with Gasteiger partial charge in [-0.25, -0.2) is 17.9 Å². The van der Waals surface area contributed by atoms with Gasteiger partial charge in [0.2, 0.25) is 10.0 Å². The Balaban J connectivity index is 1.79. The van der Waals surface area contributed by atoms with Gasteiger partial charge in [0.25, 0.3) is 0 Å². The van der Waals surface area contributed by atoms with E-state index in [1.807, 2.05) is 6.92 Å². The molecule has 6 nitrogen and oxygen atoms in total. The fourth-order valence-electron chi connectivity index (χ4n) is 1.91. The highest BCUT2D eigenvalue weighted by Crippen LogP contribution is 2.24. The Hall–Kier alpha value is -1.80. The molecule has 2 aromatic rings. The van der Waals surface area contributed by atoms with Crippen LogP contribution >= 0.6 is 23.2 Å². The molecule has 9 heteroatoms. The van der Waals surface area contributed by atoms with Crippen molar-refractivity contribution in [2.24, 2.45) is 0 Å². The van der Waals surface area contributed by atoms with Gasteiger partial charge in [0, 0.05) is 18.8 Å². The van der Waals surface area contributed by atoms with Crippen molar-refractivity contribution < 1.29 is 13.2 Å². The monoisotopic (exact) mass is 401 g/mol. The SMILES string of the molecule is Cc1ccc(S(=O)(=O)NCCNC(=O)Nc2ccc(Cl)c(Cl)c2)cc1. The van der Waals surface area contributed by atoms with Crippen LogP contribution in [-0.4, -0.2) is 27.5 Å². The van der Waals surface area contributed by atoms with E-state index in [9.17, 15) is 13.2 Å². The number of hydrogen-bond donors (Lipinski definition) is 3. The summed E-state index contributed by atoms with van der Waals surface area (Å²) in [5, 5.41) is 5.83. The van der Waals surface area contributed by atoms with Crippen molar-refractivity contribution >= 4 is 44.9 Å². The minimum atomic E-state index is -3.60. The molecule has 0 saturated carbocycles. The van der Waals surface area contributed by atoms with Gasteiger partial charge >= 0.3 is 6.03 Å². The number of anilines is 1. The van der Waals surface area contributed by atoms with Crippen LogP contribution in [0.2, 0.25) is 10.0 Å². The highest BCUT2D eigenvalue weighted by Gasteiger charge is 2.12. The first-order valence-electron chi connectivity index (χ1n) is 7.34. The first-order valence-corrected chi connectivity index (χ1v) is 9.58. The Morgan fingerprint density at radius 1 is 1.00 bits per heavy atom. The molecular weight excluding hydrogens is 385 g/mol. The Kier molecular flexibility index (Phi) is 6.66. The molecule has 0 radical (unpaired) electrons. The summed E-state index contributed by atoms with van der Waals surface area (Å²) in [4.78, 5) is 11.9. The fraction of sp³-hybridized carbons (Fsp3) is 0.188. The van der Waals surface area contributed by atoms with Crippen LogP contribution in [0.5, 0.6) is 0 Å². The molecule has 134 valence electrons. The molecule has 0 aliphatic heterocycles. The summed E-state index contributed by atoms with van der Waals surface area (Å²) in [6, 6.07) is 10.7. The zero-order chi connectivity index (χ0) is 18.4. The number of carbonyl (C=O) groups is 1. The summed E-state index contributed by atoms with van der Waals surface area (Å²) < 4.78 is 26.6. The highest BCUT2D eigenvalue weighted by atomic mass is 35.5. The van der Waals surface area contributed by atoms with E-state index in [-0.39, 0.29) is 18.0 Å². The third-order valence-electron chi connectivity index (χ3n) is 3.21. The second kappa shape index (κ2) is 8.53. The van der Waals surface area contributed by atoms with E-state index in [4.69, 9.17) is 23.2 Å². The van der Waals surface area contributed by atoms with E-state index in [1.165, 1.54) is 18.2 Å². The standard InChI is InChI=1S/C16H17Cl2N3O3S/c1-11-2-5-13(6-3-11)25(23,24)20-9-8-19-16(22)21-12-4-7-14(17)15(18)10-12/h2-7,10,20H,8-9H2,1H3,(H2,19,21,22). The van der Waals surface area contributed by atoms with Crippen LogP contribution in [0.25, 0.3) is 0 Å². The average molecular weight is 402 g/mol. The molecule has 2 amide bonds. The Bertz CT molecular complexity index is 855. The molecule has 0 heterocycles. The number of halogens is 2. The first-order chi connectivity index (χ1) is 11.8. The van der Waals surface area contributed by atoms with Crippen LogP contribution in [0.3, 0.4) is 0 Å². The number of benzene rings is 2. The Labute approximate surface area is 156 Å². The van der Waals surface area contributed by atoms with E-state index >= 15 is 0 Å². The molecule has 0 bridgehead atoms. The Morgan fingerprint density at radius 3 is 2.32 bits per heavy atom. The maximum absolute atomic E-state index is 12.1. The summed E-state index contributed by atoms with van der Waals surface area (Å²) in [5.41, 5.74) is 1.45. The van der Waals surface area contributed by atoms with E-state index in [0.717, 1.165) is 5.56 Å². The van der Waals surface area contributed by atoms with Crippen molar-refractivity contribution in [3.8, 4) is 0 Å². The normalized spacial score (nSPS) is 11.2. The second-order valence-electron chi connectivity index (χ2n) is 5.22. The molecule has 0 spiro atoms. The molecule has 2 rings (SSSR count). The van der Waals surface area contributed by atoms with Gasteiger partial charge in [0.05, 0.1) is 14.9 Å². The van der Waals surface area contributed by atoms with E-state index in [2.05, 4.69) is 15.4 Å². The molecule has 2 aromatic carbocycles. The molecule has 25 heavy (non-hydrogen) atoms. The van der Waals surface area contributed by atoms with Crippen LogP contribution in [0, 0.1) is 6.92 Å². The van der Waals surface area contributed by atoms with Crippen molar-refractivity contribution in [3.05, 3.63) is 58.1 Å². The highest BCUT2D eigenvalue weighted by molar-refractivity contribution is 7.89. The van der Waals surface area contributed by atoms with Gasteiger partial charge < -0.3 is 10.6 Å². The maximum Gasteiger partial charge on any atom is 0.319 e. The summed E-state index contributed by atoms with van der Waals surface area (Å²) >= 11 is 11.7. The van der Waals surface area contributed by atoms with Gasteiger partial charge in [-0.1, -0.05) is 40.9 Å². The number of rotatable bonds is 6. The van der Waals surface area contributed by atoms with Gasteiger partial charge in [-0.15, -0.1) is 0 Å². The fourth-order valence-corrected chi connectivity index (χ4v) is 3.24. The van der Waals surface area contributed by atoms with Crippen LogP contribution < -0.4 is 15.4 Å². The average Bonchev–Trinajstić information content (AvgIpc) is 2.55. The van der Waals surface area contributed by atoms with Gasteiger partial charge in [-0.3, -0.25) is 0 Å². The number of carbonyl (C=O) groups excluding carboxylic acids is 1. The largest absolute Gasteiger partial charge is 0.337 e. The lowest BCUT2D eigenvalue weighted by Crippen LogP contribution is -2.36. The molecule has 0 aromatic heterocycles. The summed E-state index contributed by atoms with van der Waals surface area (Å²) in [5.74, 6) is 0. The molecule has 0 atom stereocenters. The number of hydrogen-bond acceptors (Lipinski definition) is 3. The number of urea groups is 1. The lowest BCUT2D eigenvalue weighted by molar-refractivity contribution is 0.252. The van der Waals surface area contributed by atoms with Crippen LogP contribution in [0.4, 0.5) is 10.5 Å². The van der Waals surface area contributed by atoms with Crippen LogP contribution in [0.15, 0.2) is 47.4 Å². The number of amides is 2. The number of sulfonamides is 1. The zero-order valence-electron chi connectivity index (χ0n) is 13.3. The Morgan fingerprint density at radius 2 is 1.68 bits per heavy atom. The third kappa shape index (κ3) is 5.89. The number of nitrogens with one attached hydrogen (secondary N) is 3. The molecule has 0 aliphatic rings. The lowest BCUT2D eigenvalue weighted by Gasteiger charge is -2.10. The smallest absolute Gasteiger partial charge is 0.319 e. The summed E-state index contributed by atoms with van der Waals surface area (Å²) in [7, 11) is -3.60. The van der Waals surface area contributed by atoms with Crippen molar-refractivity contribution in [2.75, 3.05) is 18.4 Å². The molecular formula is C16H17Cl2N3O3S. The summed E-state index contributed by atoms with van der Waals surface area (Å²) in [6.45, 7) is 2.06. The zero-order valence-corrected chi connectivity index (χ0v) is 15.7. The van der Waals surface area contributed by atoms with Crippen LogP contribution in [0.1, 0.15) is 5.56 Å². The van der Waals surface area contributed by atoms with Gasteiger partial charge in [-0.2, -0.15) is 0 Å². The van der Waals surface area contributed by atoms with Crippen molar-refractivity contribution in [2.45, 2.75) is 11.8 Å². The third-order valence-corrected chi connectivity index (χ3v) is 5.43. The van der Waals surface area contributed by atoms with Gasteiger partial charge in [-0.05, 0) is 37.3 Å². The second-order valence-corrected chi connectivity index (χ2v) is 7.80. The quantitative estimate of drug-likeness (QED) is 0.648. The van der Waals surface area contributed by atoms with E-state index < -0.39 is 16.1 Å². The molecule has 0 saturated heterocycles. The van der Waals surface area contributed by atoms with E-state index in [1.54, 1.807) is 24.3 Å². The predicted molar refractivity (Wildman–Crippen MR) is 99.9 cm³/mol. The topological polar surface area (TPSA) is 87.3 Å². The van der Waals surface area contributed by atoms with Gasteiger partial charge in [0.1, 0.15) is 0 Å². The maximum atomic E-state index is 12.1. The molecule has 3 N–H and O–H groups in total. The van der Waals surface area contributed by atoms with Crippen molar-refractivity contribution in [1.82, 2.24) is 10.0 Å².